The highest BCUT2D eigenvalue weighted by Crippen LogP contribution is 2.27. The third-order valence-corrected chi connectivity index (χ3v) is 5.35. The number of aliphatic hydroxyl groups excluding tert-OH is 1. The first-order valence-electron chi connectivity index (χ1n) is 9.68. The largest absolute Gasteiger partial charge is 0.495 e. The number of carbonyl (C=O) groups excluding carboxylic acids is 1. The van der Waals surface area contributed by atoms with E-state index in [4.69, 9.17) is 4.74 Å². The molecule has 1 atom stereocenters. The Bertz CT molecular complexity index is 777. The molecule has 28 heavy (non-hydrogen) atoms. The second-order valence-corrected chi connectivity index (χ2v) is 7.19. The van der Waals surface area contributed by atoms with E-state index in [9.17, 15) is 14.3 Å². The first kappa shape index (κ1) is 20.1. The molecule has 1 aliphatic heterocycles. The average Bonchev–Trinajstić information content (AvgIpc) is 2.73. The van der Waals surface area contributed by atoms with Gasteiger partial charge in [-0.05, 0) is 49.3 Å². The van der Waals surface area contributed by atoms with E-state index in [1.165, 1.54) is 30.9 Å². The molecule has 1 fully saturated rings. The van der Waals surface area contributed by atoms with Gasteiger partial charge < -0.3 is 20.1 Å². The van der Waals surface area contributed by atoms with Crippen molar-refractivity contribution < 1.29 is 19.0 Å². The van der Waals surface area contributed by atoms with Crippen LogP contribution in [0.1, 0.15) is 24.8 Å². The van der Waals surface area contributed by atoms with Crippen molar-refractivity contribution in [2.24, 2.45) is 5.92 Å². The monoisotopic (exact) mass is 386 g/mol. The number of halogens is 1. The highest BCUT2D eigenvalue weighted by atomic mass is 19.1. The van der Waals surface area contributed by atoms with Gasteiger partial charge in [0.05, 0.1) is 18.9 Å². The van der Waals surface area contributed by atoms with E-state index in [0.717, 1.165) is 25.7 Å². The van der Waals surface area contributed by atoms with Gasteiger partial charge in [0.2, 0.25) is 0 Å². The van der Waals surface area contributed by atoms with E-state index >= 15 is 0 Å². The first-order valence-corrected chi connectivity index (χ1v) is 9.68. The van der Waals surface area contributed by atoms with Crippen molar-refractivity contribution in [2.45, 2.75) is 31.8 Å². The number of aryl methyl sites for hydroxylation is 1. The summed E-state index contributed by atoms with van der Waals surface area (Å²) < 4.78 is 18.6. The molecule has 0 saturated carbocycles. The fourth-order valence-corrected chi connectivity index (χ4v) is 3.65. The number of urea groups is 1. The Hall–Kier alpha value is -2.60. The molecule has 2 N–H and O–H groups in total. The molecule has 0 radical (unpaired) electrons. The van der Waals surface area contributed by atoms with Crippen LogP contribution >= 0.6 is 0 Å². The van der Waals surface area contributed by atoms with Crippen LogP contribution in [0.25, 0.3) is 0 Å². The third kappa shape index (κ3) is 5.23. The minimum Gasteiger partial charge on any atom is -0.495 e. The van der Waals surface area contributed by atoms with E-state index in [0.29, 0.717) is 24.5 Å². The van der Waals surface area contributed by atoms with E-state index in [2.05, 4.69) is 17.4 Å². The molecule has 2 amide bonds. The number of hydrogen-bond acceptors (Lipinski definition) is 3. The van der Waals surface area contributed by atoms with Crippen molar-refractivity contribution in [2.75, 3.05) is 25.5 Å². The van der Waals surface area contributed by atoms with Gasteiger partial charge in [0.15, 0.2) is 0 Å². The number of methoxy groups -OCH3 is 1. The SMILES string of the molecule is COc1ccc(F)cc1NC(=O)N1CCC([C@@H](O)CCc2ccccc2)CC1. The molecule has 0 aliphatic carbocycles. The van der Waals surface area contributed by atoms with Crippen LogP contribution in [-0.2, 0) is 6.42 Å². The summed E-state index contributed by atoms with van der Waals surface area (Å²) in [6.45, 7) is 1.13. The van der Waals surface area contributed by atoms with E-state index < -0.39 is 5.82 Å². The van der Waals surface area contributed by atoms with Gasteiger partial charge in [0.25, 0.3) is 0 Å². The van der Waals surface area contributed by atoms with Crippen LogP contribution < -0.4 is 10.1 Å². The maximum Gasteiger partial charge on any atom is 0.321 e. The number of hydrogen-bond donors (Lipinski definition) is 2. The van der Waals surface area contributed by atoms with Crippen molar-refractivity contribution in [3.8, 4) is 5.75 Å². The number of nitrogens with one attached hydrogen (secondary N) is 1. The minimum atomic E-state index is -0.434. The fourth-order valence-electron chi connectivity index (χ4n) is 3.65. The summed E-state index contributed by atoms with van der Waals surface area (Å²) in [6, 6.07) is 13.9. The maximum atomic E-state index is 13.5. The molecular weight excluding hydrogens is 359 g/mol. The van der Waals surface area contributed by atoms with Crippen molar-refractivity contribution in [1.82, 2.24) is 4.90 Å². The summed E-state index contributed by atoms with van der Waals surface area (Å²) in [5.74, 6) is 0.175. The summed E-state index contributed by atoms with van der Waals surface area (Å²) in [5.41, 5.74) is 1.54. The number of rotatable bonds is 6. The molecular formula is C22H27FN2O3. The maximum absolute atomic E-state index is 13.5. The van der Waals surface area contributed by atoms with E-state index in [1.54, 1.807) is 4.90 Å². The molecule has 1 heterocycles. The summed E-state index contributed by atoms with van der Waals surface area (Å²) in [5, 5.41) is 13.2. The predicted octanol–water partition coefficient (Wildman–Crippen LogP) is 4.07. The van der Waals surface area contributed by atoms with Gasteiger partial charge in [0, 0.05) is 19.2 Å². The van der Waals surface area contributed by atoms with E-state index in [1.807, 2.05) is 18.2 Å². The van der Waals surface area contributed by atoms with Crippen molar-refractivity contribution in [1.29, 1.82) is 0 Å². The second-order valence-electron chi connectivity index (χ2n) is 7.19. The molecule has 1 aliphatic rings. The van der Waals surface area contributed by atoms with Gasteiger partial charge in [-0.1, -0.05) is 30.3 Å². The molecule has 2 aromatic carbocycles. The lowest BCUT2D eigenvalue weighted by Crippen LogP contribution is -2.43. The number of carbonyl (C=O) groups is 1. The van der Waals surface area contributed by atoms with Crippen LogP contribution in [0.15, 0.2) is 48.5 Å². The highest BCUT2D eigenvalue weighted by molar-refractivity contribution is 5.91. The van der Waals surface area contributed by atoms with Crippen LogP contribution in [0.3, 0.4) is 0 Å². The van der Waals surface area contributed by atoms with Gasteiger partial charge in [-0.2, -0.15) is 0 Å². The van der Waals surface area contributed by atoms with Crippen LogP contribution in [-0.4, -0.2) is 42.3 Å². The van der Waals surface area contributed by atoms with E-state index in [-0.39, 0.29) is 18.1 Å². The summed E-state index contributed by atoms with van der Waals surface area (Å²) in [6.07, 6.45) is 2.71. The molecule has 0 aromatic heterocycles. The Balaban J connectivity index is 1.48. The molecule has 5 nitrogen and oxygen atoms in total. The lowest BCUT2D eigenvalue weighted by atomic mass is 9.88. The summed E-state index contributed by atoms with van der Waals surface area (Å²) in [7, 11) is 1.48. The normalized spacial score (nSPS) is 15.9. The number of nitrogens with zero attached hydrogens (tertiary/aromatic N) is 1. The van der Waals surface area contributed by atoms with Gasteiger partial charge in [0.1, 0.15) is 11.6 Å². The number of likely N-dealkylation sites (tertiary alicyclic amines) is 1. The van der Waals surface area contributed by atoms with Crippen LogP contribution in [0.4, 0.5) is 14.9 Å². The Kier molecular flexibility index (Phi) is 6.87. The fraction of sp³-hybridized carbons (Fsp3) is 0.409. The zero-order valence-electron chi connectivity index (χ0n) is 16.1. The van der Waals surface area contributed by atoms with Gasteiger partial charge >= 0.3 is 6.03 Å². The Morgan fingerprint density at radius 1 is 1.25 bits per heavy atom. The Morgan fingerprint density at radius 2 is 1.96 bits per heavy atom. The molecule has 3 rings (SSSR count). The molecule has 0 unspecified atom stereocenters. The smallest absolute Gasteiger partial charge is 0.321 e. The van der Waals surface area contributed by atoms with Gasteiger partial charge in [-0.15, -0.1) is 0 Å². The first-order chi connectivity index (χ1) is 13.6. The van der Waals surface area contributed by atoms with Gasteiger partial charge in [-0.25, -0.2) is 9.18 Å². The lowest BCUT2D eigenvalue weighted by molar-refractivity contribution is 0.0626. The van der Waals surface area contributed by atoms with Gasteiger partial charge in [-0.3, -0.25) is 0 Å². The van der Waals surface area contributed by atoms with Crippen LogP contribution in [0, 0.1) is 11.7 Å². The molecule has 0 bridgehead atoms. The molecule has 2 aromatic rings. The number of anilines is 1. The van der Waals surface area contributed by atoms with Crippen molar-refractivity contribution >= 4 is 11.7 Å². The molecule has 150 valence electrons. The number of benzene rings is 2. The standard InChI is InChI=1S/C22H27FN2O3/c1-28-21-10-8-18(23)15-19(21)24-22(27)25-13-11-17(12-14-25)20(26)9-7-16-5-3-2-4-6-16/h2-6,8,10,15,17,20,26H,7,9,11-14H2,1H3,(H,24,27)/t20-/m0/s1. The Morgan fingerprint density at radius 3 is 2.64 bits per heavy atom. The predicted molar refractivity (Wildman–Crippen MR) is 107 cm³/mol. The third-order valence-electron chi connectivity index (χ3n) is 5.35. The minimum absolute atomic E-state index is 0.191. The lowest BCUT2D eigenvalue weighted by Gasteiger charge is -2.34. The zero-order chi connectivity index (χ0) is 19.9. The second kappa shape index (κ2) is 9.55. The number of ether oxygens (including phenoxy) is 1. The number of piperidine rings is 1. The van der Waals surface area contributed by atoms with Crippen LogP contribution in [0.2, 0.25) is 0 Å². The number of aliphatic hydroxyl groups is 1. The summed E-state index contributed by atoms with van der Waals surface area (Å²) in [4.78, 5) is 14.2. The topological polar surface area (TPSA) is 61.8 Å². The molecule has 0 spiro atoms. The number of amides is 2. The van der Waals surface area contributed by atoms with Crippen molar-refractivity contribution in [3.63, 3.8) is 0 Å². The van der Waals surface area contributed by atoms with Crippen molar-refractivity contribution in [3.05, 3.63) is 59.9 Å². The zero-order valence-corrected chi connectivity index (χ0v) is 16.1. The average molecular weight is 386 g/mol. The molecule has 6 heteroatoms. The highest BCUT2D eigenvalue weighted by Gasteiger charge is 2.27. The summed E-state index contributed by atoms with van der Waals surface area (Å²) >= 11 is 0. The molecule has 1 saturated heterocycles. The quantitative estimate of drug-likeness (QED) is 0.787. The Labute approximate surface area is 165 Å². The van der Waals surface area contributed by atoms with Crippen LogP contribution in [0.5, 0.6) is 5.75 Å².